The fourth-order valence-electron chi connectivity index (χ4n) is 1.44. The summed E-state index contributed by atoms with van der Waals surface area (Å²) in [5.41, 5.74) is -1.78. The van der Waals surface area contributed by atoms with Gasteiger partial charge in [-0.3, -0.25) is 4.79 Å². The number of methoxy groups -OCH3 is 1. The third-order valence-corrected chi connectivity index (χ3v) is 3.17. The number of hydrogen-bond acceptors (Lipinski definition) is 7. The molecule has 0 atom stereocenters. The first-order valence-electron chi connectivity index (χ1n) is 5.89. The van der Waals surface area contributed by atoms with Gasteiger partial charge in [-0.25, -0.2) is 4.68 Å². The van der Waals surface area contributed by atoms with Crippen LogP contribution in [0, 0.1) is 0 Å². The van der Waals surface area contributed by atoms with Crippen LogP contribution in [0.1, 0.15) is 0 Å². The standard InChI is InChI=1S/C11H18ClN3O5/c1-20-3-2-15-10(19)9(12)8(4-13-15)14-11(5-16,6-17)7-18/h4,14,16-18H,2-3,5-7H2,1H3. The normalized spacial score (nSPS) is 11.7. The van der Waals surface area contributed by atoms with Gasteiger partial charge in [0.1, 0.15) is 10.6 Å². The Morgan fingerprint density at radius 3 is 2.50 bits per heavy atom. The molecule has 0 amide bonds. The molecule has 8 nitrogen and oxygen atoms in total. The van der Waals surface area contributed by atoms with Crippen LogP contribution >= 0.6 is 11.6 Å². The van der Waals surface area contributed by atoms with Gasteiger partial charge in [0.05, 0.1) is 44.9 Å². The van der Waals surface area contributed by atoms with Crippen molar-refractivity contribution < 1.29 is 20.1 Å². The highest BCUT2D eigenvalue weighted by Gasteiger charge is 2.29. The molecule has 0 fully saturated rings. The van der Waals surface area contributed by atoms with Gasteiger partial charge in [0.25, 0.3) is 5.56 Å². The number of ether oxygens (including phenoxy) is 1. The highest BCUT2D eigenvalue weighted by Crippen LogP contribution is 2.20. The molecule has 0 radical (unpaired) electrons. The molecule has 0 saturated heterocycles. The molecule has 1 rings (SSSR count). The van der Waals surface area contributed by atoms with Gasteiger partial charge in [-0.1, -0.05) is 11.6 Å². The monoisotopic (exact) mass is 307 g/mol. The van der Waals surface area contributed by atoms with E-state index in [0.29, 0.717) is 6.61 Å². The number of anilines is 1. The maximum absolute atomic E-state index is 11.9. The van der Waals surface area contributed by atoms with Crippen LogP contribution in [0.5, 0.6) is 0 Å². The Kier molecular flexibility index (Phi) is 6.37. The summed E-state index contributed by atoms with van der Waals surface area (Å²) in [6.45, 7) is -1.06. The molecule has 0 aromatic carbocycles. The topological polar surface area (TPSA) is 117 Å². The predicted molar refractivity (Wildman–Crippen MR) is 73.0 cm³/mol. The van der Waals surface area contributed by atoms with Crippen LogP contribution in [0.2, 0.25) is 5.02 Å². The number of hydrogen-bond donors (Lipinski definition) is 4. The number of aromatic nitrogens is 2. The molecular weight excluding hydrogens is 290 g/mol. The van der Waals surface area contributed by atoms with Crippen molar-refractivity contribution in [1.29, 1.82) is 0 Å². The third kappa shape index (κ3) is 3.68. The Labute approximate surface area is 120 Å². The fourth-order valence-corrected chi connectivity index (χ4v) is 1.64. The second-order valence-electron chi connectivity index (χ2n) is 4.27. The molecule has 1 aromatic heterocycles. The average Bonchev–Trinajstić information content (AvgIpc) is 2.48. The second-order valence-corrected chi connectivity index (χ2v) is 4.65. The zero-order chi connectivity index (χ0) is 15.2. The number of rotatable bonds is 8. The molecule has 0 saturated carbocycles. The predicted octanol–water partition coefficient (Wildman–Crippen LogP) is -1.33. The summed E-state index contributed by atoms with van der Waals surface area (Å²) in [6.07, 6.45) is 1.29. The van der Waals surface area contributed by atoms with E-state index in [-0.39, 0.29) is 17.3 Å². The molecule has 0 aliphatic heterocycles. The van der Waals surface area contributed by atoms with Crippen molar-refractivity contribution in [3.05, 3.63) is 21.6 Å². The van der Waals surface area contributed by atoms with Crippen molar-refractivity contribution >= 4 is 17.3 Å². The van der Waals surface area contributed by atoms with Crippen molar-refractivity contribution in [2.75, 3.05) is 38.9 Å². The first kappa shape index (κ1) is 16.9. The molecule has 0 aliphatic carbocycles. The molecule has 0 bridgehead atoms. The lowest BCUT2D eigenvalue weighted by atomic mass is 10.0. The van der Waals surface area contributed by atoms with Crippen LogP contribution in [0.25, 0.3) is 0 Å². The Hall–Kier alpha value is -1.19. The van der Waals surface area contributed by atoms with Gasteiger partial charge < -0.3 is 25.4 Å². The maximum atomic E-state index is 11.9. The molecule has 1 aromatic rings. The van der Waals surface area contributed by atoms with Gasteiger partial charge in [0.2, 0.25) is 0 Å². The maximum Gasteiger partial charge on any atom is 0.287 e. The van der Waals surface area contributed by atoms with Crippen LogP contribution < -0.4 is 10.9 Å². The van der Waals surface area contributed by atoms with Crippen molar-refractivity contribution in [3.63, 3.8) is 0 Å². The molecule has 9 heteroatoms. The number of halogens is 1. The van der Waals surface area contributed by atoms with Gasteiger partial charge in [0.15, 0.2) is 0 Å². The van der Waals surface area contributed by atoms with E-state index < -0.39 is 30.9 Å². The third-order valence-electron chi connectivity index (χ3n) is 2.80. The average molecular weight is 308 g/mol. The molecule has 0 unspecified atom stereocenters. The summed E-state index contributed by atoms with van der Waals surface area (Å²) < 4.78 is 5.98. The summed E-state index contributed by atoms with van der Waals surface area (Å²) in [5.74, 6) is 0. The van der Waals surface area contributed by atoms with Gasteiger partial charge in [-0.2, -0.15) is 5.10 Å². The first-order valence-corrected chi connectivity index (χ1v) is 6.26. The quantitative estimate of drug-likeness (QED) is 0.470. The summed E-state index contributed by atoms with van der Waals surface area (Å²) >= 11 is 5.93. The number of aliphatic hydroxyl groups excluding tert-OH is 3. The van der Waals surface area contributed by atoms with Crippen LogP contribution in [0.15, 0.2) is 11.0 Å². The van der Waals surface area contributed by atoms with E-state index in [1.54, 1.807) is 0 Å². The lowest BCUT2D eigenvalue weighted by Crippen LogP contribution is -2.49. The van der Waals surface area contributed by atoms with E-state index in [0.717, 1.165) is 4.68 Å². The molecule has 0 aliphatic rings. The molecular formula is C11H18ClN3O5. The summed E-state index contributed by atoms with van der Waals surface area (Å²) in [6, 6.07) is 0. The minimum Gasteiger partial charge on any atom is -0.394 e. The minimum atomic E-state index is -1.38. The number of nitrogens with zero attached hydrogens (tertiary/aromatic N) is 2. The van der Waals surface area contributed by atoms with Gasteiger partial charge >= 0.3 is 0 Å². The zero-order valence-electron chi connectivity index (χ0n) is 11.0. The van der Waals surface area contributed by atoms with Crippen molar-refractivity contribution in [2.45, 2.75) is 12.1 Å². The largest absolute Gasteiger partial charge is 0.394 e. The van der Waals surface area contributed by atoms with E-state index in [9.17, 15) is 20.1 Å². The lowest BCUT2D eigenvalue weighted by Gasteiger charge is -2.30. The molecule has 4 N–H and O–H groups in total. The lowest BCUT2D eigenvalue weighted by molar-refractivity contribution is 0.0833. The van der Waals surface area contributed by atoms with Crippen LogP contribution in [0.3, 0.4) is 0 Å². The van der Waals surface area contributed by atoms with Crippen molar-refractivity contribution in [1.82, 2.24) is 9.78 Å². The summed E-state index contributed by atoms with van der Waals surface area (Å²) in [4.78, 5) is 11.9. The highest BCUT2D eigenvalue weighted by atomic mass is 35.5. The minimum absolute atomic E-state index is 0.127. The fraction of sp³-hybridized carbons (Fsp3) is 0.636. The van der Waals surface area contributed by atoms with Crippen molar-refractivity contribution in [3.8, 4) is 0 Å². The smallest absolute Gasteiger partial charge is 0.287 e. The highest BCUT2D eigenvalue weighted by molar-refractivity contribution is 6.32. The zero-order valence-corrected chi connectivity index (χ0v) is 11.8. The Morgan fingerprint density at radius 1 is 1.40 bits per heavy atom. The molecule has 20 heavy (non-hydrogen) atoms. The Bertz CT molecular complexity index is 481. The van der Waals surface area contributed by atoms with Gasteiger partial charge in [-0.05, 0) is 0 Å². The van der Waals surface area contributed by atoms with Crippen LogP contribution in [-0.4, -0.2) is 64.2 Å². The Morgan fingerprint density at radius 2 is 2.00 bits per heavy atom. The second kappa shape index (κ2) is 7.55. The van der Waals surface area contributed by atoms with Gasteiger partial charge in [-0.15, -0.1) is 0 Å². The summed E-state index contributed by atoms with van der Waals surface area (Å²) in [5, 5.41) is 34.1. The first-order chi connectivity index (χ1) is 9.53. The number of aliphatic hydroxyl groups is 3. The van der Waals surface area contributed by atoms with E-state index >= 15 is 0 Å². The number of nitrogens with one attached hydrogen (secondary N) is 1. The van der Waals surface area contributed by atoms with Gasteiger partial charge in [0, 0.05) is 7.11 Å². The van der Waals surface area contributed by atoms with E-state index in [1.165, 1.54) is 13.3 Å². The van der Waals surface area contributed by atoms with E-state index in [2.05, 4.69) is 10.4 Å². The van der Waals surface area contributed by atoms with Crippen LogP contribution in [-0.2, 0) is 11.3 Å². The molecule has 114 valence electrons. The van der Waals surface area contributed by atoms with Crippen LogP contribution in [0.4, 0.5) is 5.69 Å². The summed E-state index contributed by atoms with van der Waals surface area (Å²) in [7, 11) is 1.50. The SMILES string of the molecule is COCCn1ncc(NC(CO)(CO)CO)c(Cl)c1=O. The van der Waals surface area contributed by atoms with Crippen molar-refractivity contribution in [2.24, 2.45) is 0 Å². The molecule has 1 heterocycles. The molecule has 0 spiro atoms. The Balaban J connectivity index is 3.03. The van der Waals surface area contributed by atoms with E-state index in [1.807, 2.05) is 0 Å². The van der Waals surface area contributed by atoms with E-state index in [4.69, 9.17) is 16.3 Å².